The lowest BCUT2D eigenvalue weighted by atomic mass is 10.2. The number of pyridine rings is 1. The third kappa shape index (κ3) is 3.32. The smallest absolute Gasteiger partial charge is 0.0501 e. The molecule has 0 saturated heterocycles. The van der Waals surface area contributed by atoms with Crippen LogP contribution in [0.15, 0.2) is 35.2 Å². The number of nitrogen functional groups attached to an aromatic ring is 1. The molecule has 3 nitrogen and oxygen atoms in total. The number of nitrogens with zero attached hydrogens (tertiary/aromatic N) is 1. The number of anilines is 1. The van der Waals surface area contributed by atoms with Crippen LogP contribution in [0.3, 0.4) is 0 Å². The molecule has 0 atom stereocenters. The fraction of sp³-hybridized carbons (Fsp3) is 0.250. The van der Waals surface area contributed by atoms with E-state index < -0.39 is 0 Å². The van der Waals surface area contributed by atoms with Gasteiger partial charge in [0.1, 0.15) is 0 Å². The first-order valence-electron chi connectivity index (χ1n) is 5.27. The predicted molar refractivity (Wildman–Crippen MR) is 68.4 cm³/mol. The van der Waals surface area contributed by atoms with Crippen molar-refractivity contribution in [2.24, 2.45) is 0 Å². The molecule has 2 aromatic rings. The topological polar surface area (TPSA) is 50.9 Å². The van der Waals surface area contributed by atoms with Gasteiger partial charge in [0, 0.05) is 25.2 Å². The summed E-state index contributed by atoms with van der Waals surface area (Å²) in [6.45, 7) is 1.87. The van der Waals surface area contributed by atoms with Gasteiger partial charge < -0.3 is 11.1 Å². The Kier molecular flexibility index (Phi) is 3.91. The molecule has 0 bridgehead atoms. The van der Waals surface area contributed by atoms with Crippen molar-refractivity contribution in [1.82, 2.24) is 10.3 Å². The first-order valence-corrected chi connectivity index (χ1v) is 6.21. The molecule has 4 heteroatoms. The normalized spacial score (nSPS) is 10.5. The number of aromatic nitrogens is 1. The molecule has 0 spiro atoms. The Morgan fingerprint density at radius 1 is 1.31 bits per heavy atom. The Hall–Kier alpha value is -1.39. The van der Waals surface area contributed by atoms with Gasteiger partial charge in [-0.3, -0.25) is 4.98 Å². The quantitative estimate of drug-likeness (QED) is 0.777. The van der Waals surface area contributed by atoms with E-state index in [4.69, 9.17) is 5.73 Å². The molecule has 0 radical (unpaired) electrons. The minimum absolute atomic E-state index is 0.718. The summed E-state index contributed by atoms with van der Waals surface area (Å²) in [4.78, 5) is 4.25. The molecule has 2 rings (SSSR count). The van der Waals surface area contributed by atoms with E-state index in [0.29, 0.717) is 0 Å². The van der Waals surface area contributed by atoms with Gasteiger partial charge in [-0.05, 0) is 34.5 Å². The van der Waals surface area contributed by atoms with Gasteiger partial charge in [-0.1, -0.05) is 0 Å². The van der Waals surface area contributed by atoms with Gasteiger partial charge in [0.15, 0.2) is 0 Å². The third-order valence-corrected chi connectivity index (χ3v) is 3.05. The standard InChI is InChI=1S/C12H15N3S/c13-11-1-2-12(15-8-11)3-5-14-7-10-4-6-16-9-10/h1-2,4,6,8-9,14H,3,5,7,13H2. The molecule has 0 aliphatic carbocycles. The summed E-state index contributed by atoms with van der Waals surface area (Å²) in [6.07, 6.45) is 2.64. The Morgan fingerprint density at radius 2 is 2.25 bits per heavy atom. The highest BCUT2D eigenvalue weighted by Crippen LogP contribution is 2.05. The van der Waals surface area contributed by atoms with Crippen molar-refractivity contribution in [3.05, 3.63) is 46.4 Å². The molecule has 0 aliphatic heterocycles. The number of hydrogen-bond donors (Lipinski definition) is 2. The van der Waals surface area contributed by atoms with Crippen molar-refractivity contribution >= 4 is 17.0 Å². The summed E-state index contributed by atoms with van der Waals surface area (Å²) in [7, 11) is 0. The van der Waals surface area contributed by atoms with Crippen LogP contribution in [-0.2, 0) is 13.0 Å². The van der Waals surface area contributed by atoms with Gasteiger partial charge in [0.05, 0.1) is 11.9 Å². The average Bonchev–Trinajstić information content (AvgIpc) is 2.80. The van der Waals surface area contributed by atoms with E-state index in [0.717, 1.165) is 30.9 Å². The molecule has 84 valence electrons. The molecule has 3 N–H and O–H groups in total. The average molecular weight is 233 g/mol. The molecular weight excluding hydrogens is 218 g/mol. The van der Waals surface area contributed by atoms with Crippen LogP contribution >= 0.6 is 11.3 Å². The molecule has 0 aliphatic rings. The van der Waals surface area contributed by atoms with E-state index in [2.05, 4.69) is 27.1 Å². The van der Waals surface area contributed by atoms with Gasteiger partial charge in [0.2, 0.25) is 0 Å². The molecule has 0 unspecified atom stereocenters. The molecule has 2 aromatic heterocycles. The monoisotopic (exact) mass is 233 g/mol. The second-order valence-corrected chi connectivity index (χ2v) is 4.42. The minimum atomic E-state index is 0.718. The first kappa shape index (κ1) is 11.1. The maximum atomic E-state index is 5.57. The van der Waals surface area contributed by atoms with E-state index in [9.17, 15) is 0 Å². The lowest BCUT2D eigenvalue weighted by Crippen LogP contribution is -2.16. The van der Waals surface area contributed by atoms with Gasteiger partial charge >= 0.3 is 0 Å². The van der Waals surface area contributed by atoms with Crippen LogP contribution in [0.5, 0.6) is 0 Å². The van der Waals surface area contributed by atoms with Crippen molar-refractivity contribution < 1.29 is 0 Å². The summed E-state index contributed by atoms with van der Waals surface area (Å²) < 4.78 is 0. The van der Waals surface area contributed by atoms with Crippen molar-refractivity contribution in [1.29, 1.82) is 0 Å². The van der Waals surface area contributed by atoms with Crippen LogP contribution in [0.2, 0.25) is 0 Å². The van der Waals surface area contributed by atoms with Crippen LogP contribution in [-0.4, -0.2) is 11.5 Å². The lowest BCUT2D eigenvalue weighted by Gasteiger charge is -2.03. The van der Waals surface area contributed by atoms with E-state index in [1.807, 2.05) is 12.1 Å². The third-order valence-electron chi connectivity index (χ3n) is 2.31. The van der Waals surface area contributed by atoms with Gasteiger partial charge in [-0.2, -0.15) is 11.3 Å². The molecule has 2 heterocycles. The van der Waals surface area contributed by atoms with Gasteiger partial charge in [-0.15, -0.1) is 0 Å². The highest BCUT2D eigenvalue weighted by molar-refractivity contribution is 7.07. The second-order valence-electron chi connectivity index (χ2n) is 3.64. The van der Waals surface area contributed by atoms with Crippen molar-refractivity contribution in [3.63, 3.8) is 0 Å². The molecule has 0 amide bonds. The summed E-state index contributed by atoms with van der Waals surface area (Å²) in [5.74, 6) is 0. The zero-order valence-corrected chi connectivity index (χ0v) is 9.83. The number of nitrogens with two attached hydrogens (primary N) is 1. The fourth-order valence-electron chi connectivity index (χ4n) is 1.43. The Morgan fingerprint density at radius 3 is 2.94 bits per heavy atom. The van der Waals surface area contributed by atoms with E-state index in [-0.39, 0.29) is 0 Å². The lowest BCUT2D eigenvalue weighted by molar-refractivity contribution is 0.681. The molecular formula is C12H15N3S. The number of hydrogen-bond acceptors (Lipinski definition) is 4. The number of rotatable bonds is 5. The Balaban J connectivity index is 1.70. The zero-order chi connectivity index (χ0) is 11.2. The minimum Gasteiger partial charge on any atom is -0.397 e. The Bertz CT molecular complexity index is 408. The van der Waals surface area contributed by atoms with Crippen molar-refractivity contribution in [3.8, 4) is 0 Å². The van der Waals surface area contributed by atoms with Crippen LogP contribution < -0.4 is 11.1 Å². The van der Waals surface area contributed by atoms with Crippen LogP contribution in [0.25, 0.3) is 0 Å². The maximum absolute atomic E-state index is 5.57. The maximum Gasteiger partial charge on any atom is 0.0501 e. The first-order chi connectivity index (χ1) is 7.84. The van der Waals surface area contributed by atoms with Crippen molar-refractivity contribution in [2.75, 3.05) is 12.3 Å². The molecule has 0 saturated carbocycles. The van der Waals surface area contributed by atoms with Crippen LogP contribution in [0.1, 0.15) is 11.3 Å². The SMILES string of the molecule is Nc1ccc(CCNCc2ccsc2)nc1. The molecule has 0 aromatic carbocycles. The van der Waals surface area contributed by atoms with E-state index >= 15 is 0 Å². The van der Waals surface area contributed by atoms with Gasteiger partial charge in [0.25, 0.3) is 0 Å². The molecule has 16 heavy (non-hydrogen) atoms. The van der Waals surface area contributed by atoms with Crippen molar-refractivity contribution in [2.45, 2.75) is 13.0 Å². The predicted octanol–water partition coefficient (Wildman–Crippen LogP) is 2.06. The number of nitrogens with one attached hydrogen (secondary N) is 1. The van der Waals surface area contributed by atoms with Crippen LogP contribution in [0.4, 0.5) is 5.69 Å². The zero-order valence-electron chi connectivity index (χ0n) is 9.02. The summed E-state index contributed by atoms with van der Waals surface area (Å²) in [5, 5.41) is 7.64. The highest BCUT2D eigenvalue weighted by Gasteiger charge is 1.95. The largest absolute Gasteiger partial charge is 0.397 e. The van der Waals surface area contributed by atoms with Gasteiger partial charge in [-0.25, -0.2) is 0 Å². The summed E-state index contributed by atoms with van der Waals surface area (Å²) >= 11 is 1.73. The number of thiophene rings is 1. The van der Waals surface area contributed by atoms with E-state index in [1.54, 1.807) is 17.5 Å². The summed E-state index contributed by atoms with van der Waals surface area (Å²) in [6, 6.07) is 6.00. The highest BCUT2D eigenvalue weighted by atomic mass is 32.1. The Labute approximate surface area is 99.3 Å². The molecule has 0 fully saturated rings. The van der Waals surface area contributed by atoms with E-state index in [1.165, 1.54) is 5.56 Å². The fourth-order valence-corrected chi connectivity index (χ4v) is 2.09. The summed E-state index contributed by atoms with van der Waals surface area (Å²) in [5.41, 5.74) is 8.71. The second kappa shape index (κ2) is 5.63. The van der Waals surface area contributed by atoms with Crippen LogP contribution in [0, 0.1) is 0 Å².